The van der Waals surface area contributed by atoms with E-state index in [1.807, 2.05) is 25.1 Å². The normalized spacial score (nSPS) is 10.0. The van der Waals surface area contributed by atoms with E-state index in [9.17, 15) is 4.79 Å². The van der Waals surface area contributed by atoms with E-state index >= 15 is 0 Å². The van der Waals surface area contributed by atoms with Gasteiger partial charge in [0.15, 0.2) is 0 Å². The molecule has 2 N–H and O–H groups in total. The first kappa shape index (κ1) is 13.4. The number of anilines is 2. The Balaban J connectivity index is 2.23. The van der Waals surface area contributed by atoms with Gasteiger partial charge in [-0.25, -0.2) is 0 Å². The maximum absolute atomic E-state index is 12.2. The first-order valence-corrected chi connectivity index (χ1v) is 6.34. The molecule has 0 saturated heterocycles. The van der Waals surface area contributed by atoms with Crippen molar-refractivity contribution in [2.45, 2.75) is 6.92 Å². The van der Waals surface area contributed by atoms with Crippen LogP contribution in [0.5, 0.6) is 0 Å². The van der Waals surface area contributed by atoms with Gasteiger partial charge in [0.25, 0.3) is 5.91 Å². The number of nitrogens with zero attached hydrogens (tertiary/aromatic N) is 1. The van der Waals surface area contributed by atoms with Gasteiger partial charge in [-0.15, -0.1) is 0 Å². The maximum atomic E-state index is 12.2. The number of halogens is 1. The molecule has 0 spiro atoms. The third kappa shape index (κ3) is 3.23. The van der Waals surface area contributed by atoms with Crippen LogP contribution in [0.2, 0.25) is 5.02 Å². The number of hydrogen-bond acceptors (Lipinski definition) is 3. The average Bonchev–Trinajstić information content (AvgIpc) is 2.42. The van der Waals surface area contributed by atoms with Gasteiger partial charge in [-0.3, -0.25) is 9.78 Å². The number of amides is 1. The summed E-state index contributed by atoms with van der Waals surface area (Å²) in [6.45, 7) is 2.73. The van der Waals surface area contributed by atoms with E-state index in [1.165, 1.54) is 6.20 Å². The molecule has 2 rings (SSSR count). The number of benzene rings is 1. The minimum atomic E-state index is -0.216. The van der Waals surface area contributed by atoms with Crippen molar-refractivity contribution in [1.29, 1.82) is 0 Å². The highest BCUT2D eigenvalue weighted by molar-refractivity contribution is 6.33. The van der Waals surface area contributed by atoms with Gasteiger partial charge >= 0.3 is 0 Å². The Bertz CT molecular complexity index is 586. The molecular weight excluding hydrogens is 262 g/mol. The van der Waals surface area contributed by atoms with Crippen LogP contribution in [0.4, 0.5) is 11.4 Å². The summed E-state index contributed by atoms with van der Waals surface area (Å²) < 4.78 is 0. The van der Waals surface area contributed by atoms with Gasteiger partial charge in [0.2, 0.25) is 0 Å². The first-order chi connectivity index (χ1) is 9.22. The Hall–Kier alpha value is -2.07. The summed E-state index contributed by atoms with van der Waals surface area (Å²) in [5, 5.41) is 6.36. The van der Waals surface area contributed by atoms with Gasteiger partial charge in [-0.1, -0.05) is 23.7 Å². The molecule has 0 unspecified atom stereocenters. The minimum absolute atomic E-state index is 0.216. The zero-order chi connectivity index (χ0) is 13.7. The van der Waals surface area contributed by atoms with E-state index in [4.69, 9.17) is 11.6 Å². The second-order valence-electron chi connectivity index (χ2n) is 3.89. The number of para-hydroxylation sites is 1. The Morgan fingerprint density at radius 3 is 2.79 bits per heavy atom. The van der Waals surface area contributed by atoms with Gasteiger partial charge in [0.1, 0.15) is 0 Å². The number of carbonyl (C=O) groups is 1. The molecule has 0 atom stereocenters. The van der Waals surface area contributed by atoms with Crippen LogP contribution < -0.4 is 10.6 Å². The van der Waals surface area contributed by atoms with Crippen molar-refractivity contribution in [3.8, 4) is 0 Å². The minimum Gasteiger partial charge on any atom is -0.385 e. The van der Waals surface area contributed by atoms with E-state index in [-0.39, 0.29) is 5.91 Å². The molecule has 0 radical (unpaired) electrons. The van der Waals surface area contributed by atoms with Crippen molar-refractivity contribution < 1.29 is 4.79 Å². The number of rotatable bonds is 4. The van der Waals surface area contributed by atoms with E-state index in [0.717, 1.165) is 12.2 Å². The molecule has 0 saturated carbocycles. The second-order valence-corrected chi connectivity index (χ2v) is 4.29. The third-order valence-corrected chi connectivity index (χ3v) is 2.88. The van der Waals surface area contributed by atoms with Crippen LogP contribution in [0, 0.1) is 0 Å². The Morgan fingerprint density at radius 2 is 2.05 bits per heavy atom. The van der Waals surface area contributed by atoms with Crippen molar-refractivity contribution in [3.63, 3.8) is 0 Å². The summed E-state index contributed by atoms with van der Waals surface area (Å²) in [7, 11) is 0. The molecule has 0 bridgehead atoms. The zero-order valence-electron chi connectivity index (χ0n) is 10.5. The first-order valence-electron chi connectivity index (χ1n) is 5.96. The van der Waals surface area contributed by atoms with Crippen molar-refractivity contribution >= 4 is 28.9 Å². The van der Waals surface area contributed by atoms with E-state index < -0.39 is 0 Å². The molecule has 0 fully saturated rings. The summed E-state index contributed by atoms with van der Waals surface area (Å²) in [5.74, 6) is -0.216. The molecule has 0 aliphatic carbocycles. The predicted molar refractivity (Wildman–Crippen MR) is 77.8 cm³/mol. The predicted octanol–water partition coefficient (Wildman–Crippen LogP) is 3.42. The fourth-order valence-corrected chi connectivity index (χ4v) is 1.84. The summed E-state index contributed by atoms with van der Waals surface area (Å²) in [6.07, 6.45) is 3.10. The van der Waals surface area contributed by atoms with Crippen LogP contribution in [0.3, 0.4) is 0 Å². The molecule has 4 nitrogen and oxygen atoms in total. The molecule has 1 amide bonds. The highest BCUT2D eigenvalue weighted by atomic mass is 35.5. The molecule has 0 aliphatic heterocycles. The maximum Gasteiger partial charge on any atom is 0.257 e. The van der Waals surface area contributed by atoms with Gasteiger partial charge in [0, 0.05) is 18.4 Å². The van der Waals surface area contributed by atoms with Crippen LogP contribution in [0.1, 0.15) is 17.3 Å². The van der Waals surface area contributed by atoms with Gasteiger partial charge in [-0.2, -0.15) is 0 Å². The molecule has 1 aromatic heterocycles. The molecule has 19 heavy (non-hydrogen) atoms. The van der Waals surface area contributed by atoms with Crippen LogP contribution >= 0.6 is 11.6 Å². The number of nitrogens with one attached hydrogen (secondary N) is 2. The molecule has 1 aromatic carbocycles. The number of pyridine rings is 1. The molecular formula is C14H14ClN3O. The van der Waals surface area contributed by atoms with Crippen molar-refractivity contribution in [3.05, 3.63) is 53.3 Å². The molecule has 0 aliphatic rings. The topological polar surface area (TPSA) is 54.0 Å². The Morgan fingerprint density at radius 1 is 1.26 bits per heavy atom. The van der Waals surface area contributed by atoms with E-state index in [0.29, 0.717) is 16.3 Å². The lowest BCUT2D eigenvalue weighted by Gasteiger charge is -2.11. The quantitative estimate of drug-likeness (QED) is 0.899. The molecule has 2 aromatic rings. The summed E-state index contributed by atoms with van der Waals surface area (Å²) in [4.78, 5) is 16.2. The zero-order valence-corrected chi connectivity index (χ0v) is 11.2. The van der Waals surface area contributed by atoms with Crippen molar-refractivity contribution in [2.24, 2.45) is 0 Å². The number of aromatic nitrogens is 1. The summed E-state index contributed by atoms with van der Waals surface area (Å²) in [6, 6.07) is 8.96. The lowest BCUT2D eigenvalue weighted by molar-refractivity contribution is 0.102. The number of hydrogen-bond donors (Lipinski definition) is 2. The monoisotopic (exact) mass is 275 g/mol. The van der Waals surface area contributed by atoms with Crippen LogP contribution in [-0.4, -0.2) is 17.4 Å². The summed E-state index contributed by atoms with van der Waals surface area (Å²) in [5.41, 5.74) is 1.87. The van der Waals surface area contributed by atoms with Crippen molar-refractivity contribution in [1.82, 2.24) is 4.98 Å². The van der Waals surface area contributed by atoms with Gasteiger partial charge in [-0.05, 0) is 25.1 Å². The van der Waals surface area contributed by atoms with E-state index in [1.54, 1.807) is 18.3 Å². The fraction of sp³-hybridized carbons (Fsp3) is 0.143. The second kappa shape index (κ2) is 6.20. The fourth-order valence-electron chi connectivity index (χ4n) is 1.68. The Labute approximate surface area is 116 Å². The largest absolute Gasteiger partial charge is 0.385 e. The smallest absolute Gasteiger partial charge is 0.257 e. The van der Waals surface area contributed by atoms with Crippen molar-refractivity contribution in [2.75, 3.05) is 17.2 Å². The highest BCUT2D eigenvalue weighted by Gasteiger charge is 2.12. The lowest BCUT2D eigenvalue weighted by Crippen LogP contribution is -2.15. The standard InChI is InChI=1S/C14H14ClN3O/c1-2-17-12-6-4-3-5-10(12)14(19)18-13-9-16-8-7-11(13)15/h3-9,17H,2H2,1H3,(H,18,19). The lowest BCUT2D eigenvalue weighted by atomic mass is 10.1. The van der Waals surface area contributed by atoms with Crippen LogP contribution in [0.25, 0.3) is 0 Å². The SMILES string of the molecule is CCNc1ccccc1C(=O)Nc1cnccc1Cl. The molecule has 98 valence electrons. The summed E-state index contributed by atoms with van der Waals surface area (Å²) >= 11 is 5.99. The van der Waals surface area contributed by atoms with E-state index in [2.05, 4.69) is 15.6 Å². The molecule has 1 heterocycles. The van der Waals surface area contributed by atoms with Crippen LogP contribution in [-0.2, 0) is 0 Å². The number of carbonyl (C=O) groups excluding carboxylic acids is 1. The van der Waals surface area contributed by atoms with Crippen LogP contribution in [0.15, 0.2) is 42.7 Å². The van der Waals surface area contributed by atoms with Gasteiger partial charge in [0.05, 0.1) is 22.5 Å². The highest BCUT2D eigenvalue weighted by Crippen LogP contribution is 2.22. The Kier molecular flexibility index (Phi) is 4.36. The van der Waals surface area contributed by atoms with Gasteiger partial charge < -0.3 is 10.6 Å². The average molecular weight is 276 g/mol. The third-order valence-electron chi connectivity index (χ3n) is 2.55. The molecule has 5 heteroatoms.